The zero-order chi connectivity index (χ0) is 16.1. The molecule has 1 aliphatic rings. The van der Waals surface area contributed by atoms with Gasteiger partial charge in [0.2, 0.25) is 0 Å². The second-order valence-electron chi connectivity index (χ2n) is 4.95. The van der Waals surface area contributed by atoms with Crippen LogP contribution in [0, 0.1) is 11.6 Å². The molecule has 1 aromatic rings. The van der Waals surface area contributed by atoms with Crippen LogP contribution in [0.25, 0.3) is 0 Å². The van der Waals surface area contributed by atoms with Crippen LogP contribution in [0.2, 0.25) is 0 Å². The highest BCUT2D eigenvalue weighted by Crippen LogP contribution is 2.15. The molecule has 3 amide bonds. The summed E-state index contributed by atoms with van der Waals surface area (Å²) in [5.74, 6) is -1.55. The van der Waals surface area contributed by atoms with E-state index in [4.69, 9.17) is 0 Å². The van der Waals surface area contributed by atoms with Crippen molar-refractivity contribution in [3.05, 3.63) is 29.8 Å². The molecule has 2 N–H and O–H groups in total. The Bertz CT molecular complexity index is 560. The summed E-state index contributed by atoms with van der Waals surface area (Å²) in [6.07, 6.45) is 0.763. The zero-order valence-electron chi connectivity index (χ0n) is 12.1. The number of nitrogens with zero attached hydrogens (tertiary/aromatic N) is 1. The fourth-order valence-corrected chi connectivity index (χ4v) is 2.27. The van der Waals surface area contributed by atoms with Crippen LogP contribution in [0.3, 0.4) is 0 Å². The summed E-state index contributed by atoms with van der Waals surface area (Å²) in [4.78, 5) is 24.7. The minimum atomic E-state index is -0.837. The van der Waals surface area contributed by atoms with E-state index in [1.165, 1.54) is 7.11 Å². The first-order chi connectivity index (χ1) is 10.5. The number of carbonyl (C=O) groups excluding carboxylic acids is 2. The van der Waals surface area contributed by atoms with Gasteiger partial charge in [-0.05, 0) is 25.0 Å². The largest absolute Gasteiger partial charge is 0.453 e. The van der Waals surface area contributed by atoms with Gasteiger partial charge in [0.05, 0.1) is 12.8 Å². The average molecular weight is 313 g/mol. The first kappa shape index (κ1) is 16.0. The van der Waals surface area contributed by atoms with Crippen molar-refractivity contribution in [1.29, 1.82) is 0 Å². The third-order valence-electron chi connectivity index (χ3n) is 3.44. The van der Waals surface area contributed by atoms with Crippen molar-refractivity contribution >= 4 is 17.8 Å². The molecule has 0 spiro atoms. The summed E-state index contributed by atoms with van der Waals surface area (Å²) in [6.45, 7) is 0.949. The van der Waals surface area contributed by atoms with E-state index in [2.05, 4.69) is 15.4 Å². The Morgan fingerprint density at radius 3 is 2.55 bits per heavy atom. The Balaban J connectivity index is 1.82. The molecule has 22 heavy (non-hydrogen) atoms. The van der Waals surface area contributed by atoms with Gasteiger partial charge in [-0.3, -0.25) is 0 Å². The number of benzene rings is 1. The number of piperidine rings is 1. The third-order valence-corrected chi connectivity index (χ3v) is 3.44. The molecule has 1 heterocycles. The van der Waals surface area contributed by atoms with E-state index < -0.39 is 23.8 Å². The fourth-order valence-electron chi connectivity index (χ4n) is 2.27. The normalized spacial score (nSPS) is 15.3. The quantitative estimate of drug-likeness (QED) is 0.880. The van der Waals surface area contributed by atoms with Crippen molar-refractivity contribution in [1.82, 2.24) is 10.2 Å². The van der Waals surface area contributed by atoms with Gasteiger partial charge in [0.15, 0.2) is 0 Å². The van der Waals surface area contributed by atoms with E-state index in [0.717, 1.165) is 12.1 Å². The second kappa shape index (κ2) is 7.06. The number of nitrogens with one attached hydrogen (secondary N) is 2. The van der Waals surface area contributed by atoms with Gasteiger partial charge in [-0.2, -0.15) is 0 Å². The number of methoxy groups -OCH3 is 1. The van der Waals surface area contributed by atoms with Crippen LogP contribution in [0.5, 0.6) is 0 Å². The maximum atomic E-state index is 13.4. The highest BCUT2D eigenvalue weighted by molar-refractivity contribution is 5.89. The van der Waals surface area contributed by atoms with Crippen molar-refractivity contribution < 1.29 is 23.1 Å². The highest BCUT2D eigenvalue weighted by Gasteiger charge is 2.24. The molecule has 120 valence electrons. The molecular formula is C14H17F2N3O3. The number of ether oxygens (including phenoxy) is 1. The fraction of sp³-hybridized carbons (Fsp3) is 0.429. The number of rotatable bonds is 2. The Morgan fingerprint density at radius 1 is 1.27 bits per heavy atom. The second-order valence-corrected chi connectivity index (χ2v) is 4.95. The number of hydrogen-bond donors (Lipinski definition) is 2. The first-order valence-electron chi connectivity index (χ1n) is 6.85. The smallest absolute Gasteiger partial charge is 0.409 e. The summed E-state index contributed by atoms with van der Waals surface area (Å²) in [6, 6.07) is 2.23. The van der Waals surface area contributed by atoms with Crippen molar-refractivity contribution in [2.24, 2.45) is 0 Å². The Morgan fingerprint density at radius 2 is 1.95 bits per heavy atom. The molecule has 8 heteroatoms. The number of carbonyl (C=O) groups is 2. The first-order valence-corrected chi connectivity index (χ1v) is 6.85. The van der Waals surface area contributed by atoms with Gasteiger partial charge in [0.25, 0.3) is 0 Å². The number of likely N-dealkylation sites (tertiary alicyclic amines) is 1. The van der Waals surface area contributed by atoms with E-state index in [-0.39, 0.29) is 11.7 Å². The maximum absolute atomic E-state index is 13.4. The van der Waals surface area contributed by atoms with E-state index in [0.29, 0.717) is 32.0 Å². The molecule has 0 saturated carbocycles. The summed E-state index contributed by atoms with van der Waals surface area (Å²) in [7, 11) is 1.32. The monoisotopic (exact) mass is 313 g/mol. The minimum Gasteiger partial charge on any atom is -0.453 e. The molecule has 0 unspecified atom stereocenters. The number of hydrogen-bond acceptors (Lipinski definition) is 3. The van der Waals surface area contributed by atoms with Crippen LogP contribution in [-0.4, -0.2) is 43.3 Å². The summed E-state index contributed by atoms with van der Waals surface area (Å²) in [5.41, 5.74) is -0.0918. The van der Waals surface area contributed by atoms with Gasteiger partial charge in [-0.1, -0.05) is 0 Å². The lowest BCUT2D eigenvalue weighted by atomic mass is 10.1. The third kappa shape index (κ3) is 4.06. The summed E-state index contributed by atoms with van der Waals surface area (Å²) in [5, 5.41) is 5.03. The number of anilines is 1. The van der Waals surface area contributed by atoms with Crippen LogP contribution >= 0.6 is 0 Å². The molecule has 0 aromatic heterocycles. The number of halogens is 2. The molecular weight excluding hydrogens is 296 g/mol. The Labute approximate surface area is 126 Å². The predicted molar refractivity (Wildman–Crippen MR) is 75.5 cm³/mol. The van der Waals surface area contributed by atoms with Crippen LogP contribution in [0.4, 0.5) is 24.1 Å². The van der Waals surface area contributed by atoms with Gasteiger partial charge in [0, 0.05) is 25.2 Å². The van der Waals surface area contributed by atoms with Gasteiger partial charge < -0.3 is 20.3 Å². The SMILES string of the molecule is COC(=O)N1CCC(NC(=O)Nc2ccc(F)cc2F)CC1. The van der Waals surface area contributed by atoms with E-state index >= 15 is 0 Å². The van der Waals surface area contributed by atoms with Crippen molar-refractivity contribution in [2.75, 3.05) is 25.5 Å². The lowest BCUT2D eigenvalue weighted by molar-refractivity contribution is 0.110. The van der Waals surface area contributed by atoms with E-state index in [9.17, 15) is 18.4 Å². The van der Waals surface area contributed by atoms with Crippen LogP contribution in [0.1, 0.15) is 12.8 Å². The van der Waals surface area contributed by atoms with Crippen molar-refractivity contribution in [3.8, 4) is 0 Å². The predicted octanol–water partition coefficient (Wildman–Crippen LogP) is 2.32. The molecule has 2 rings (SSSR count). The van der Waals surface area contributed by atoms with E-state index in [1.807, 2.05) is 0 Å². The molecule has 6 nitrogen and oxygen atoms in total. The maximum Gasteiger partial charge on any atom is 0.409 e. The van der Waals surface area contributed by atoms with Crippen LogP contribution in [0.15, 0.2) is 18.2 Å². The molecule has 1 saturated heterocycles. The van der Waals surface area contributed by atoms with Crippen LogP contribution in [-0.2, 0) is 4.74 Å². The van der Waals surface area contributed by atoms with Gasteiger partial charge >= 0.3 is 12.1 Å². The van der Waals surface area contributed by atoms with Crippen molar-refractivity contribution in [3.63, 3.8) is 0 Å². The Hall–Kier alpha value is -2.38. The molecule has 0 radical (unpaired) electrons. The highest BCUT2D eigenvalue weighted by atomic mass is 19.1. The number of urea groups is 1. The standard InChI is InChI=1S/C14H17F2N3O3/c1-22-14(21)19-6-4-10(5-7-19)17-13(20)18-12-3-2-9(15)8-11(12)16/h2-3,8,10H,4-7H2,1H3,(H2,17,18,20). The molecule has 1 aliphatic heterocycles. The van der Waals surface area contributed by atoms with Crippen LogP contribution < -0.4 is 10.6 Å². The van der Waals surface area contributed by atoms with Gasteiger partial charge in [0.1, 0.15) is 11.6 Å². The molecule has 1 fully saturated rings. The number of amides is 3. The van der Waals surface area contributed by atoms with Gasteiger partial charge in [-0.15, -0.1) is 0 Å². The lowest BCUT2D eigenvalue weighted by Crippen LogP contribution is -2.47. The van der Waals surface area contributed by atoms with Crippen molar-refractivity contribution in [2.45, 2.75) is 18.9 Å². The average Bonchev–Trinajstić information content (AvgIpc) is 2.50. The van der Waals surface area contributed by atoms with Gasteiger partial charge in [-0.25, -0.2) is 18.4 Å². The van der Waals surface area contributed by atoms with E-state index in [1.54, 1.807) is 4.90 Å². The Kier molecular flexibility index (Phi) is 5.13. The zero-order valence-corrected chi connectivity index (χ0v) is 12.1. The molecule has 1 aromatic carbocycles. The lowest BCUT2D eigenvalue weighted by Gasteiger charge is -2.31. The molecule has 0 aliphatic carbocycles. The molecule has 0 atom stereocenters. The molecule has 0 bridgehead atoms. The topological polar surface area (TPSA) is 70.7 Å². The minimum absolute atomic E-state index is 0.0918. The summed E-state index contributed by atoms with van der Waals surface area (Å²) < 4.78 is 30.8. The summed E-state index contributed by atoms with van der Waals surface area (Å²) >= 11 is 0.